The Morgan fingerprint density at radius 1 is 1.25 bits per heavy atom. The lowest BCUT2D eigenvalue weighted by molar-refractivity contribution is 0.195. The summed E-state index contributed by atoms with van der Waals surface area (Å²) in [6, 6.07) is 1.95. The molecule has 1 atom stereocenters. The van der Waals surface area contributed by atoms with Crippen molar-refractivity contribution in [3.05, 3.63) is 22.8 Å². The molecule has 1 aromatic rings. The molecule has 1 N–H and O–H groups in total. The normalized spacial score (nSPS) is 12.4. The van der Waals surface area contributed by atoms with E-state index >= 15 is 0 Å². The Kier molecular flexibility index (Phi) is 4.19. The minimum absolute atomic E-state index is 0.351. The molecule has 1 aromatic carbocycles. The average molecular weight is 224 g/mol. The molecule has 0 aromatic heterocycles. The molecule has 90 valence electrons. The Hall–Kier alpha value is -1.22. The Bertz CT molecular complexity index is 370. The number of aliphatic hydroxyl groups is 1. The van der Waals surface area contributed by atoms with Crippen LogP contribution in [0.15, 0.2) is 6.07 Å². The molecule has 0 spiro atoms. The summed E-state index contributed by atoms with van der Waals surface area (Å²) in [6.45, 7) is 5.80. The summed E-state index contributed by atoms with van der Waals surface area (Å²) in [7, 11) is 3.26. The van der Waals surface area contributed by atoms with Crippen molar-refractivity contribution in [3.8, 4) is 11.5 Å². The zero-order valence-corrected chi connectivity index (χ0v) is 10.6. The second kappa shape index (κ2) is 5.21. The molecule has 0 saturated heterocycles. The number of aryl methyl sites for hydroxylation is 1. The monoisotopic (exact) mass is 224 g/mol. The number of ether oxygens (including phenoxy) is 2. The summed E-state index contributed by atoms with van der Waals surface area (Å²) < 4.78 is 10.6. The van der Waals surface area contributed by atoms with Gasteiger partial charge in [0.2, 0.25) is 0 Å². The molecular formula is C13H20O3. The summed E-state index contributed by atoms with van der Waals surface area (Å²) in [5.74, 6) is 1.50. The first-order valence-corrected chi connectivity index (χ1v) is 5.40. The highest BCUT2D eigenvalue weighted by molar-refractivity contribution is 5.53. The minimum atomic E-state index is -0.351. The van der Waals surface area contributed by atoms with Gasteiger partial charge in [0.25, 0.3) is 0 Å². The van der Waals surface area contributed by atoms with Gasteiger partial charge in [-0.05, 0) is 49.9 Å². The fourth-order valence-electron chi connectivity index (χ4n) is 1.98. The fourth-order valence-corrected chi connectivity index (χ4v) is 1.98. The van der Waals surface area contributed by atoms with Crippen LogP contribution in [0.5, 0.6) is 11.5 Å². The summed E-state index contributed by atoms with van der Waals surface area (Å²) in [5.41, 5.74) is 3.30. The minimum Gasteiger partial charge on any atom is -0.493 e. The van der Waals surface area contributed by atoms with Gasteiger partial charge in [0, 0.05) is 0 Å². The molecule has 3 nitrogen and oxygen atoms in total. The van der Waals surface area contributed by atoms with Gasteiger partial charge in [-0.2, -0.15) is 0 Å². The van der Waals surface area contributed by atoms with E-state index in [-0.39, 0.29) is 6.10 Å². The summed E-state index contributed by atoms with van der Waals surface area (Å²) in [5, 5.41) is 9.47. The number of hydrogen-bond donors (Lipinski definition) is 1. The first-order chi connectivity index (χ1) is 7.51. The maximum Gasteiger partial charge on any atom is 0.163 e. The lowest BCUT2D eigenvalue weighted by Gasteiger charge is -2.17. The van der Waals surface area contributed by atoms with Crippen molar-refractivity contribution in [1.82, 2.24) is 0 Å². The summed E-state index contributed by atoms with van der Waals surface area (Å²) in [4.78, 5) is 0. The van der Waals surface area contributed by atoms with Crippen molar-refractivity contribution >= 4 is 0 Å². The molecule has 3 heteroatoms. The van der Waals surface area contributed by atoms with Crippen LogP contribution in [0.25, 0.3) is 0 Å². The highest BCUT2D eigenvalue weighted by Crippen LogP contribution is 2.35. The van der Waals surface area contributed by atoms with Crippen LogP contribution in [0.3, 0.4) is 0 Å². The highest BCUT2D eigenvalue weighted by Gasteiger charge is 2.15. The third-order valence-corrected chi connectivity index (χ3v) is 2.76. The van der Waals surface area contributed by atoms with Crippen LogP contribution in [0.1, 0.15) is 23.6 Å². The number of hydrogen-bond acceptors (Lipinski definition) is 3. The van der Waals surface area contributed by atoms with Gasteiger partial charge in [0.1, 0.15) is 0 Å². The van der Waals surface area contributed by atoms with Gasteiger partial charge in [-0.3, -0.25) is 0 Å². The fraction of sp³-hybridized carbons (Fsp3) is 0.538. The maximum absolute atomic E-state index is 9.47. The molecule has 0 aliphatic carbocycles. The standard InChI is InChI=1S/C13H20O3/c1-8-6-12(15-4)13(16-5)10(3)11(8)7-9(2)14/h6,9,14H,7H2,1-5H3. The smallest absolute Gasteiger partial charge is 0.163 e. The molecular weight excluding hydrogens is 204 g/mol. The van der Waals surface area contributed by atoms with Crippen molar-refractivity contribution in [3.63, 3.8) is 0 Å². The van der Waals surface area contributed by atoms with Crippen LogP contribution in [-0.4, -0.2) is 25.4 Å². The molecule has 0 bridgehead atoms. The number of aliphatic hydroxyl groups excluding tert-OH is 1. The van der Waals surface area contributed by atoms with Crippen molar-refractivity contribution in [2.45, 2.75) is 33.3 Å². The van der Waals surface area contributed by atoms with Crippen molar-refractivity contribution in [1.29, 1.82) is 0 Å². The van der Waals surface area contributed by atoms with E-state index in [1.54, 1.807) is 21.1 Å². The highest BCUT2D eigenvalue weighted by atomic mass is 16.5. The second-order valence-corrected chi connectivity index (χ2v) is 4.09. The molecule has 0 aliphatic heterocycles. The molecule has 0 radical (unpaired) electrons. The average Bonchev–Trinajstić information content (AvgIpc) is 2.23. The van der Waals surface area contributed by atoms with E-state index in [9.17, 15) is 5.11 Å². The molecule has 0 fully saturated rings. The zero-order chi connectivity index (χ0) is 12.3. The van der Waals surface area contributed by atoms with Crippen LogP contribution in [0.4, 0.5) is 0 Å². The predicted molar refractivity (Wildman–Crippen MR) is 64.4 cm³/mol. The molecule has 0 saturated carbocycles. The SMILES string of the molecule is COc1cc(C)c(CC(C)O)c(C)c1OC. The number of rotatable bonds is 4. The van der Waals surface area contributed by atoms with E-state index in [0.29, 0.717) is 6.42 Å². The Labute approximate surface area is 97.0 Å². The van der Waals surface area contributed by atoms with Gasteiger partial charge < -0.3 is 14.6 Å². The quantitative estimate of drug-likeness (QED) is 0.852. The van der Waals surface area contributed by atoms with Gasteiger partial charge in [-0.25, -0.2) is 0 Å². The Morgan fingerprint density at radius 3 is 2.31 bits per heavy atom. The molecule has 0 aliphatic rings. The van der Waals surface area contributed by atoms with Crippen LogP contribution in [0, 0.1) is 13.8 Å². The zero-order valence-electron chi connectivity index (χ0n) is 10.6. The topological polar surface area (TPSA) is 38.7 Å². The van der Waals surface area contributed by atoms with E-state index in [4.69, 9.17) is 9.47 Å². The molecule has 16 heavy (non-hydrogen) atoms. The molecule has 1 unspecified atom stereocenters. The van der Waals surface area contributed by atoms with E-state index < -0.39 is 0 Å². The Morgan fingerprint density at radius 2 is 1.88 bits per heavy atom. The second-order valence-electron chi connectivity index (χ2n) is 4.09. The van der Waals surface area contributed by atoms with Crippen LogP contribution < -0.4 is 9.47 Å². The molecule has 1 rings (SSSR count). The van der Waals surface area contributed by atoms with E-state index in [0.717, 1.165) is 28.2 Å². The number of methoxy groups -OCH3 is 2. The van der Waals surface area contributed by atoms with Crippen molar-refractivity contribution in [2.75, 3.05) is 14.2 Å². The first kappa shape index (κ1) is 12.8. The van der Waals surface area contributed by atoms with E-state index in [2.05, 4.69) is 0 Å². The van der Waals surface area contributed by atoms with E-state index in [1.165, 1.54) is 0 Å². The third-order valence-electron chi connectivity index (χ3n) is 2.76. The Balaban J connectivity index is 3.29. The van der Waals surface area contributed by atoms with E-state index in [1.807, 2.05) is 19.9 Å². The van der Waals surface area contributed by atoms with Gasteiger partial charge in [-0.15, -0.1) is 0 Å². The summed E-state index contributed by atoms with van der Waals surface area (Å²) >= 11 is 0. The van der Waals surface area contributed by atoms with Crippen LogP contribution >= 0.6 is 0 Å². The maximum atomic E-state index is 9.47. The first-order valence-electron chi connectivity index (χ1n) is 5.40. The third kappa shape index (κ3) is 2.47. The molecule has 0 heterocycles. The van der Waals surface area contributed by atoms with Crippen LogP contribution in [-0.2, 0) is 6.42 Å². The van der Waals surface area contributed by atoms with Gasteiger partial charge in [0.15, 0.2) is 11.5 Å². The largest absolute Gasteiger partial charge is 0.493 e. The lowest BCUT2D eigenvalue weighted by atomic mass is 9.96. The van der Waals surface area contributed by atoms with Crippen molar-refractivity contribution < 1.29 is 14.6 Å². The van der Waals surface area contributed by atoms with Crippen LogP contribution in [0.2, 0.25) is 0 Å². The number of benzene rings is 1. The summed E-state index contributed by atoms with van der Waals surface area (Å²) in [6.07, 6.45) is 0.286. The molecule has 0 amide bonds. The van der Waals surface area contributed by atoms with Gasteiger partial charge >= 0.3 is 0 Å². The lowest BCUT2D eigenvalue weighted by Crippen LogP contribution is -2.09. The van der Waals surface area contributed by atoms with Crippen molar-refractivity contribution in [2.24, 2.45) is 0 Å². The predicted octanol–water partition coefficient (Wildman–Crippen LogP) is 2.24. The van der Waals surface area contributed by atoms with Gasteiger partial charge in [-0.1, -0.05) is 0 Å². The van der Waals surface area contributed by atoms with Gasteiger partial charge in [0.05, 0.1) is 20.3 Å².